The number of nitrogens with zero attached hydrogens (tertiary/aromatic N) is 3. The summed E-state index contributed by atoms with van der Waals surface area (Å²) in [6.45, 7) is 10.7. The van der Waals surface area contributed by atoms with Crippen LogP contribution in [0.4, 0.5) is 10.7 Å². The summed E-state index contributed by atoms with van der Waals surface area (Å²) in [6, 6.07) is 0. The highest BCUT2D eigenvalue weighted by atomic mass is 16.6. The van der Waals surface area contributed by atoms with Gasteiger partial charge in [-0.1, -0.05) is 26.7 Å². The van der Waals surface area contributed by atoms with Gasteiger partial charge in [0.1, 0.15) is 11.7 Å². The van der Waals surface area contributed by atoms with E-state index in [1.807, 2.05) is 34.6 Å². The van der Waals surface area contributed by atoms with Crippen molar-refractivity contribution in [2.75, 3.05) is 18.4 Å². The van der Waals surface area contributed by atoms with E-state index in [1.54, 1.807) is 4.57 Å². The minimum Gasteiger partial charge on any atom is -0.444 e. The van der Waals surface area contributed by atoms with E-state index in [0.29, 0.717) is 24.7 Å². The van der Waals surface area contributed by atoms with Gasteiger partial charge in [-0.25, -0.2) is 9.78 Å². The molecular formula is C23H38N6O5. The van der Waals surface area contributed by atoms with Crippen molar-refractivity contribution in [2.45, 2.75) is 90.8 Å². The number of rotatable bonds is 10. The van der Waals surface area contributed by atoms with Crippen molar-refractivity contribution in [3.05, 3.63) is 16.7 Å². The van der Waals surface area contributed by atoms with Crippen molar-refractivity contribution in [1.29, 1.82) is 0 Å². The number of ether oxygens (including phenoxy) is 2. The zero-order chi connectivity index (χ0) is 24.9. The number of unbranched alkanes of at least 4 members (excludes halogenated alkanes) is 3. The van der Waals surface area contributed by atoms with Crippen molar-refractivity contribution in [2.24, 2.45) is 5.92 Å². The van der Waals surface area contributed by atoms with Gasteiger partial charge in [0, 0.05) is 19.0 Å². The molecule has 1 aliphatic heterocycles. The molecule has 1 amide bonds. The highest BCUT2D eigenvalue weighted by Crippen LogP contribution is 2.36. The molecule has 4 atom stereocenters. The summed E-state index contributed by atoms with van der Waals surface area (Å²) in [5.41, 5.74) is -0.239. The average molecular weight is 479 g/mol. The maximum Gasteiger partial charge on any atom is 0.407 e. The number of H-pyrrole nitrogens is 1. The number of fused-ring (bicyclic) bond motifs is 1. The number of anilines is 1. The predicted molar refractivity (Wildman–Crippen MR) is 129 cm³/mol. The smallest absolute Gasteiger partial charge is 0.407 e. The lowest BCUT2D eigenvalue weighted by atomic mass is 9.99. The van der Waals surface area contributed by atoms with Crippen LogP contribution in [0.25, 0.3) is 11.2 Å². The van der Waals surface area contributed by atoms with Gasteiger partial charge in [0.15, 0.2) is 17.4 Å². The van der Waals surface area contributed by atoms with Crippen LogP contribution < -0.4 is 16.2 Å². The van der Waals surface area contributed by atoms with Gasteiger partial charge in [-0.2, -0.15) is 4.98 Å². The molecule has 0 saturated carbocycles. The first-order valence-electron chi connectivity index (χ1n) is 12.1. The summed E-state index contributed by atoms with van der Waals surface area (Å²) in [4.78, 5) is 35.5. The van der Waals surface area contributed by atoms with Gasteiger partial charge in [-0.3, -0.25) is 14.3 Å². The number of carbonyl (C=O) groups excluding carboxylic acids is 1. The van der Waals surface area contributed by atoms with Crippen LogP contribution in [0.2, 0.25) is 0 Å². The van der Waals surface area contributed by atoms with Crippen LogP contribution >= 0.6 is 0 Å². The second-order valence-corrected chi connectivity index (χ2v) is 9.83. The highest BCUT2D eigenvalue weighted by molar-refractivity contribution is 5.71. The number of carbonyl (C=O) groups is 1. The molecule has 11 heteroatoms. The summed E-state index contributed by atoms with van der Waals surface area (Å²) in [7, 11) is 0. The fraction of sp³-hybridized carbons (Fsp3) is 0.739. The zero-order valence-corrected chi connectivity index (χ0v) is 20.8. The number of aromatic amines is 1. The lowest BCUT2D eigenvalue weighted by molar-refractivity contribution is -0.0355. The first-order chi connectivity index (χ1) is 16.1. The Morgan fingerprint density at radius 2 is 1.97 bits per heavy atom. The van der Waals surface area contributed by atoms with Gasteiger partial charge in [0.05, 0.1) is 12.4 Å². The standard InChI is InChI=1S/C23H38N6O5/c1-6-15-14(2)17(30)20(33-15)29-13-26-16-18(29)27-21(28-19(16)31)24-11-9-7-8-10-12-25-22(32)34-23(3,4)5/h13-15,17,20,30H,6-12H2,1-5H3,(H,25,32)(H2,24,27,28,31)/t14-,15-,17-,20-/m1/s1. The fourth-order valence-electron chi connectivity index (χ4n) is 4.07. The number of nitrogens with one attached hydrogen (secondary N) is 3. The van der Waals surface area contributed by atoms with Gasteiger partial charge in [0.25, 0.3) is 5.56 Å². The molecule has 1 saturated heterocycles. The van der Waals surface area contributed by atoms with Crippen LogP contribution in [0.15, 0.2) is 11.1 Å². The van der Waals surface area contributed by atoms with Gasteiger partial charge in [-0.15, -0.1) is 0 Å². The van der Waals surface area contributed by atoms with Crippen molar-refractivity contribution >= 4 is 23.2 Å². The molecule has 0 aromatic carbocycles. The Kier molecular flexibility index (Phi) is 8.53. The summed E-state index contributed by atoms with van der Waals surface area (Å²) < 4.78 is 12.9. The molecule has 2 aromatic rings. The average Bonchev–Trinajstić information content (AvgIpc) is 3.30. The van der Waals surface area contributed by atoms with E-state index in [1.165, 1.54) is 6.33 Å². The normalized spacial score (nSPS) is 22.8. The third kappa shape index (κ3) is 6.47. The number of hydrogen-bond acceptors (Lipinski definition) is 8. The van der Waals surface area contributed by atoms with E-state index in [2.05, 4.69) is 25.6 Å². The molecule has 190 valence electrons. The number of hydrogen-bond donors (Lipinski definition) is 4. The molecule has 0 spiro atoms. The van der Waals surface area contributed by atoms with E-state index in [9.17, 15) is 14.7 Å². The lowest BCUT2D eigenvalue weighted by Crippen LogP contribution is -2.32. The van der Waals surface area contributed by atoms with Crippen LogP contribution in [-0.2, 0) is 9.47 Å². The number of alkyl carbamates (subject to hydrolysis) is 1. The molecule has 0 unspecified atom stereocenters. The molecule has 0 aliphatic carbocycles. The second kappa shape index (κ2) is 11.2. The number of imidazole rings is 1. The van der Waals surface area contributed by atoms with E-state index >= 15 is 0 Å². The van der Waals surface area contributed by atoms with E-state index in [0.717, 1.165) is 32.1 Å². The van der Waals surface area contributed by atoms with Crippen molar-refractivity contribution in [1.82, 2.24) is 24.8 Å². The number of aliphatic hydroxyl groups is 1. The minimum atomic E-state index is -0.704. The third-order valence-corrected chi connectivity index (χ3v) is 5.90. The topological polar surface area (TPSA) is 143 Å². The number of amides is 1. The van der Waals surface area contributed by atoms with Crippen LogP contribution in [0.1, 0.15) is 73.0 Å². The Morgan fingerprint density at radius 1 is 1.26 bits per heavy atom. The SMILES string of the molecule is CC[C@H]1O[C@@H](n2cnc3c(=O)[nH]c(NCCCCCCNC(=O)OC(C)(C)C)nc32)[C@H](O)[C@@H]1C. The minimum absolute atomic E-state index is 0.0219. The molecule has 11 nitrogen and oxygen atoms in total. The Bertz CT molecular complexity index is 1010. The van der Waals surface area contributed by atoms with Gasteiger partial charge in [-0.05, 0) is 40.0 Å². The first-order valence-corrected chi connectivity index (χ1v) is 12.1. The van der Waals surface area contributed by atoms with E-state index < -0.39 is 24.0 Å². The molecule has 2 aromatic heterocycles. The molecule has 1 fully saturated rings. The summed E-state index contributed by atoms with van der Waals surface area (Å²) in [5.74, 6) is 0.338. The summed E-state index contributed by atoms with van der Waals surface area (Å²) in [5, 5.41) is 16.6. The number of aliphatic hydroxyl groups excluding tert-OH is 1. The van der Waals surface area contributed by atoms with Crippen LogP contribution in [-0.4, -0.2) is 61.6 Å². The fourth-order valence-corrected chi connectivity index (χ4v) is 4.07. The maximum absolute atomic E-state index is 12.5. The predicted octanol–water partition coefficient (Wildman–Crippen LogP) is 2.92. The Balaban J connectivity index is 1.47. The highest BCUT2D eigenvalue weighted by Gasteiger charge is 2.41. The molecule has 1 aliphatic rings. The van der Waals surface area contributed by atoms with Crippen molar-refractivity contribution in [3.63, 3.8) is 0 Å². The molecule has 3 heterocycles. The third-order valence-electron chi connectivity index (χ3n) is 5.90. The molecule has 0 bridgehead atoms. The summed E-state index contributed by atoms with van der Waals surface area (Å²) >= 11 is 0. The molecule has 3 rings (SSSR count). The zero-order valence-electron chi connectivity index (χ0n) is 20.8. The molecule has 0 radical (unpaired) electrons. The lowest BCUT2D eigenvalue weighted by Gasteiger charge is -2.19. The quantitative estimate of drug-likeness (QED) is 0.382. The Morgan fingerprint density at radius 3 is 2.62 bits per heavy atom. The van der Waals surface area contributed by atoms with Crippen LogP contribution in [0.5, 0.6) is 0 Å². The maximum atomic E-state index is 12.5. The van der Waals surface area contributed by atoms with Crippen molar-refractivity contribution in [3.8, 4) is 0 Å². The summed E-state index contributed by atoms with van der Waals surface area (Å²) in [6.07, 6.45) is 4.18. The second-order valence-electron chi connectivity index (χ2n) is 9.83. The van der Waals surface area contributed by atoms with E-state index in [-0.39, 0.29) is 23.1 Å². The number of aromatic nitrogens is 4. The Hall–Kier alpha value is -2.66. The van der Waals surface area contributed by atoms with Gasteiger partial charge in [0.2, 0.25) is 5.95 Å². The monoisotopic (exact) mass is 478 g/mol. The van der Waals surface area contributed by atoms with Gasteiger partial charge >= 0.3 is 6.09 Å². The first kappa shape index (κ1) is 26.0. The Labute approximate surface area is 199 Å². The van der Waals surface area contributed by atoms with Crippen LogP contribution in [0.3, 0.4) is 0 Å². The van der Waals surface area contributed by atoms with E-state index in [4.69, 9.17) is 9.47 Å². The molecule has 34 heavy (non-hydrogen) atoms. The molecule has 4 N–H and O–H groups in total. The molecular weight excluding hydrogens is 440 g/mol. The van der Waals surface area contributed by atoms with Crippen molar-refractivity contribution < 1.29 is 19.4 Å². The largest absolute Gasteiger partial charge is 0.444 e. The van der Waals surface area contributed by atoms with Crippen LogP contribution in [0, 0.1) is 5.92 Å². The van der Waals surface area contributed by atoms with Gasteiger partial charge < -0.3 is 25.2 Å².